The maximum Gasteiger partial charge on any atom is 0.321 e. The Labute approximate surface area is 115 Å². The SMILES string of the molecule is CC1(C)CCCN(CC2(O)CCCCC2)C1C(=O)O. The second-order valence-electron chi connectivity index (χ2n) is 7.09. The van der Waals surface area contributed by atoms with Crippen LogP contribution in [0, 0.1) is 5.41 Å². The monoisotopic (exact) mass is 269 g/mol. The van der Waals surface area contributed by atoms with Crippen LogP contribution in [-0.4, -0.2) is 45.8 Å². The molecule has 1 aliphatic heterocycles. The average Bonchev–Trinajstić information content (AvgIpc) is 2.27. The first-order valence-electron chi connectivity index (χ1n) is 7.53. The largest absolute Gasteiger partial charge is 0.480 e. The average molecular weight is 269 g/mol. The van der Waals surface area contributed by atoms with E-state index in [-0.39, 0.29) is 5.41 Å². The van der Waals surface area contributed by atoms with Crippen molar-refractivity contribution in [2.75, 3.05) is 13.1 Å². The third-order valence-electron chi connectivity index (χ3n) is 4.89. The van der Waals surface area contributed by atoms with Crippen LogP contribution < -0.4 is 0 Å². The first-order chi connectivity index (χ1) is 8.84. The minimum atomic E-state index is -0.746. The van der Waals surface area contributed by atoms with Crippen molar-refractivity contribution >= 4 is 5.97 Å². The number of hydrogen-bond acceptors (Lipinski definition) is 3. The molecule has 1 saturated heterocycles. The quantitative estimate of drug-likeness (QED) is 0.825. The summed E-state index contributed by atoms with van der Waals surface area (Å²) in [7, 11) is 0. The van der Waals surface area contributed by atoms with Gasteiger partial charge in [-0.25, -0.2) is 0 Å². The van der Waals surface area contributed by atoms with E-state index < -0.39 is 17.6 Å². The summed E-state index contributed by atoms with van der Waals surface area (Å²) in [4.78, 5) is 13.6. The second-order valence-corrected chi connectivity index (χ2v) is 7.09. The molecule has 1 unspecified atom stereocenters. The van der Waals surface area contributed by atoms with Crippen molar-refractivity contribution in [1.82, 2.24) is 4.90 Å². The van der Waals surface area contributed by atoms with Crippen molar-refractivity contribution in [2.45, 2.75) is 70.4 Å². The molecular weight excluding hydrogens is 242 g/mol. The Balaban J connectivity index is 2.10. The van der Waals surface area contributed by atoms with Gasteiger partial charge < -0.3 is 10.2 Å². The third kappa shape index (κ3) is 3.29. The Morgan fingerprint density at radius 1 is 1.16 bits per heavy atom. The van der Waals surface area contributed by atoms with E-state index in [9.17, 15) is 15.0 Å². The molecule has 0 spiro atoms. The lowest BCUT2D eigenvalue weighted by Gasteiger charge is -2.47. The number of carboxylic acid groups (broad SMARTS) is 1. The van der Waals surface area contributed by atoms with E-state index in [2.05, 4.69) is 0 Å². The summed E-state index contributed by atoms with van der Waals surface area (Å²) < 4.78 is 0. The molecule has 0 aromatic heterocycles. The number of carboxylic acids is 1. The Hall–Kier alpha value is -0.610. The molecule has 1 heterocycles. The lowest BCUT2D eigenvalue weighted by Crippen LogP contribution is -2.58. The molecule has 4 nitrogen and oxygen atoms in total. The van der Waals surface area contributed by atoms with Crippen LogP contribution in [0.5, 0.6) is 0 Å². The van der Waals surface area contributed by atoms with Gasteiger partial charge in [0.25, 0.3) is 0 Å². The van der Waals surface area contributed by atoms with Crippen molar-refractivity contribution < 1.29 is 15.0 Å². The van der Waals surface area contributed by atoms with Crippen LogP contribution in [0.4, 0.5) is 0 Å². The smallest absolute Gasteiger partial charge is 0.321 e. The van der Waals surface area contributed by atoms with E-state index in [4.69, 9.17) is 0 Å². The van der Waals surface area contributed by atoms with Gasteiger partial charge in [0.05, 0.1) is 5.60 Å². The number of aliphatic hydroxyl groups is 1. The number of β-amino-alcohol motifs (C(OH)–C–C–N with tert-alkyl or cyclic N) is 1. The zero-order valence-corrected chi connectivity index (χ0v) is 12.2. The van der Waals surface area contributed by atoms with Crippen molar-refractivity contribution in [3.63, 3.8) is 0 Å². The normalized spacial score (nSPS) is 31.0. The second kappa shape index (κ2) is 5.41. The first-order valence-corrected chi connectivity index (χ1v) is 7.53. The lowest BCUT2D eigenvalue weighted by molar-refractivity contribution is -0.154. The molecule has 0 aromatic carbocycles. The summed E-state index contributed by atoms with van der Waals surface area (Å²) in [5.74, 6) is -0.746. The Kier molecular flexibility index (Phi) is 4.21. The number of carbonyl (C=O) groups is 1. The number of rotatable bonds is 3. The standard InChI is InChI=1S/C15H27NO3/c1-14(2)7-6-10-16(12(14)13(17)18)11-15(19)8-4-3-5-9-15/h12,19H,3-11H2,1-2H3,(H,17,18). The van der Waals surface area contributed by atoms with Gasteiger partial charge in [-0.1, -0.05) is 33.1 Å². The van der Waals surface area contributed by atoms with Crippen LogP contribution in [-0.2, 0) is 4.79 Å². The highest BCUT2D eigenvalue weighted by atomic mass is 16.4. The van der Waals surface area contributed by atoms with Gasteiger partial charge in [-0.3, -0.25) is 9.69 Å². The van der Waals surface area contributed by atoms with Crippen LogP contribution in [0.1, 0.15) is 58.8 Å². The van der Waals surface area contributed by atoms with Crippen LogP contribution in [0.3, 0.4) is 0 Å². The molecule has 2 aliphatic rings. The van der Waals surface area contributed by atoms with Gasteiger partial charge in [0, 0.05) is 6.54 Å². The maximum absolute atomic E-state index is 11.6. The highest BCUT2D eigenvalue weighted by molar-refractivity contribution is 5.74. The summed E-state index contributed by atoms with van der Waals surface area (Å²) in [6.07, 6.45) is 6.91. The summed E-state index contributed by atoms with van der Waals surface area (Å²) in [6.45, 7) is 5.38. The van der Waals surface area contributed by atoms with E-state index in [1.807, 2.05) is 18.7 Å². The molecule has 1 saturated carbocycles. The molecule has 2 N–H and O–H groups in total. The van der Waals surface area contributed by atoms with Crippen molar-refractivity contribution in [3.8, 4) is 0 Å². The molecule has 0 bridgehead atoms. The van der Waals surface area contributed by atoms with Gasteiger partial charge in [0.1, 0.15) is 6.04 Å². The van der Waals surface area contributed by atoms with Crippen molar-refractivity contribution in [1.29, 1.82) is 0 Å². The van der Waals surface area contributed by atoms with Crippen LogP contribution in [0.25, 0.3) is 0 Å². The molecule has 0 amide bonds. The fourth-order valence-electron chi connectivity index (χ4n) is 3.90. The topological polar surface area (TPSA) is 60.8 Å². The van der Waals surface area contributed by atoms with Crippen LogP contribution in [0.15, 0.2) is 0 Å². The Bertz CT molecular complexity index is 334. The molecule has 2 rings (SSSR count). The van der Waals surface area contributed by atoms with E-state index in [1.165, 1.54) is 6.42 Å². The summed E-state index contributed by atoms with van der Waals surface area (Å²) in [6, 6.07) is -0.466. The number of hydrogen-bond donors (Lipinski definition) is 2. The predicted molar refractivity (Wildman–Crippen MR) is 74.0 cm³/mol. The number of piperidine rings is 1. The number of likely N-dealkylation sites (tertiary alicyclic amines) is 1. The molecule has 19 heavy (non-hydrogen) atoms. The summed E-state index contributed by atoms with van der Waals surface area (Å²) >= 11 is 0. The van der Waals surface area contributed by atoms with E-state index in [0.717, 1.165) is 45.1 Å². The zero-order valence-electron chi connectivity index (χ0n) is 12.2. The highest BCUT2D eigenvalue weighted by Crippen LogP contribution is 2.38. The first kappa shape index (κ1) is 14.8. The van der Waals surface area contributed by atoms with Crippen LogP contribution >= 0.6 is 0 Å². The molecule has 2 fully saturated rings. The van der Waals surface area contributed by atoms with E-state index in [0.29, 0.717) is 6.54 Å². The van der Waals surface area contributed by atoms with E-state index in [1.54, 1.807) is 0 Å². The predicted octanol–water partition coefficient (Wildman–Crippen LogP) is 2.26. The van der Waals surface area contributed by atoms with Gasteiger partial charge in [0.15, 0.2) is 0 Å². The fraction of sp³-hybridized carbons (Fsp3) is 0.933. The van der Waals surface area contributed by atoms with Gasteiger partial charge in [0.2, 0.25) is 0 Å². The molecular formula is C15H27NO3. The molecule has 110 valence electrons. The van der Waals surface area contributed by atoms with Gasteiger partial charge >= 0.3 is 5.97 Å². The summed E-state index contributed by atoms with van der Waals surface area (Å²) in [5.41, 5.74) is -0.880. The minimum absolute atomic E-state index is 0.213. The minimum Gasteiger partial charge on any atom is -0.480 e. The Morgan fingerprint density at radius 2 is 1.79 bits per heavy atom. The van der Waals surface area contributed by atoms with E-state index >= 15 is 0 Å². The highest BCUT2D eigenvalue weighted by Gasteiger charge is 2.45. The maximum atomic E-state index is 11.6. The fourth-order valence-corrected chi connectivity index (χ4v) is 3.90. The van der Waals surface area contributed by atoms with Gasteiger partial charge in [-0.2, -0.15) is 0 Å². The van der Waals surface area contributed by atoms with Crippen molar-refractivity contribution in [3.05, 3.63) is 0 Å². The third-order valence-corrected chi connectivity index (χ3v) is 4.89. The summed E-state index contributed by atoms with van der Waals surface area (Å²) in [5, 5.41) is 20.2. The Morgan fingerprint density at radius 3 is 2.37 bits per heavy atom. The molecule has 1 atom stereocenters. The lowest BCUT2D eigenvalue weighted by atomic mass is 9.75. The molecule has 1 aliphatic carbocycles. The zero-order chi connectivity index (χ0) is 14.1. The van der Waals surface area contributed by atoms with Crippen molar-refractivity contribution in [2.24, 2.45) is 5.41 Å². The number of nitrogens with zero attached hydrogens (tertiary/aromatic N) is 1. The molecule has 4 heteroatoms. The van der Waals surface area contributed by atoms with Crippen LogP contribution in [0.2, 0.25) is 0 Å². The number of aliphatic carboxylic acids is 1. The van der Waals surface area contributed by atoms with Gasteiger partial charge in [-0.05, 0) is 37.6 Å². The molecule has 0 aromatic rings. The molecule has 0 radical (unpaired) electrons. The van der Waals surface area contributed by atoms with Gasteiger partial charge in [-0.15, -0.1) is 0 Å².